The van der Waals surface area contributed by atoms with Gasteiger partial charge >= 0.3 is 0 Å². The molecule has 31 heavy (non-hydrogen) atoms. The van der Waals surface area contributed by atoms with Crippen molar-refractivity contribution in [1.29, 1.82) is 0 Å². The summed E-state index contributed by atoms with van der Waals surface area (Å²) in [7, 11) is 1.60. The molecule has 8 heteroatoms. The number of halogens is 2. The summed E-state index contributed by atoms with van der Waals surface area (Å²) >= 11 is 12.0. The lowest BCUT2D eigenvalue weighted by Gasteiger charge is -2.07. The Bertz CT molecular complexity index is 1240. The van der Waals surface area contributed by atoms with Crippen LogP contribution in [0.2, 0.25) is 10.0 Å². The van der Waals surface area contributed by atoms with Crippen LogP contribution in [0.15, 0.2) is 66.7 Å². The molecule has 4 aromatic rings. The molecule has 0 aliphatic rings. The van der Waals surface area contributed by atoms with Gasteiger partial charge in [-0.25, -0.2) is 9.67 Å². The molecular weight excluding hydrogens is 435 g/mol. The smallest absolute Gasteiger partial charge is 0.295 e. The zero-order chi connectivity index (χ0) is 22.0. The van der Waals surface area contributed by atoms with Crippen molar-refractivity contribution in [3.05, 3.63) is 88.2 Å². The van der Waals surface area contributed by atoms with E-state index < -0.39 is 5.91 Å². The van der Waals surface area contributed by atoms with E-state index in [-0.39, 0.29) is 5.82 Å². The van der Waals surface area contributed by atoms with Crippen LogP contribution in [0.1, 0.15) is 16.2 Å². The lowest BCUT2D eigenvalue weighted by Crippen LogP contribution is -2.14. The Morgan fingerprint density at radius 3 is 2.32 bits per heavy atom. The van der Waals surface area contributed by atoms with Gasteiger partial charge in [-0.15, -0.1) is 5.10 Å². The Kier molecular flexibility index (Phi) is 5.93. The van der Waals surface area contributed by atoms with Gasteiger partial charge in [0.15, 0.2) is 5.82 Å². The van der Waals surface area contributed by atoms with E-state index >= 15 is 0 Å². The number of hydrogen-bond acceptors (Lipinski definition) is 4. The van der Waals surface area contributed by atoms with Crippen molar-refractivity contribution >= 4 is 34.8 Å². The fourth-order valence-corrected chi connectivity index (χ4v) is 3.26. The van der Waals surface area contributed by atoms with E-state index in [2.05, 4.69) is 15.4 Å². The minimum atomic E-state index is -0.459. The molecular formula is C23H18Cl2N4O2. The Morgan fingerprint density at radius 2 is 1.68 bits per heavy atom. The highest BCUT2D eigenvalue weighted by molar-refractivity contribution is 6.42. The zero-order valence-corrected chi connectivity index (χ0v) is 18.3. The number of rotatable bonds is 5. The summed E-state index contributed by atoms with van der Waals surface area (Å²) < 4.78 is 6.86. The van der Waals surface area contributed by atoms with Crippen LogP contribution in [0, 0.1) is 6.92 Å². The van der Waals surface area contributed by atoms with Crippen LogP contribution in [0.4, 0.5) is 5.69 Å². The maximum atomic E-state index is 12.8. The maximum absolute atomic E-state index is 12.8. The van der Waals surface area contributed by atoms with E-state index in [4.69, 9.17) is 27.9 Å². The molecule has 0 bridgehead atoms. The largest absolute Gasteiger partial charge is 0.497 e. The molecule has 0 aliphatic carbocycles. The molecule has 0 atom stereocenters. The molecule has 0 fully saturated rings. The average molecular weight is 453 g/mol. The van der Waals surface area contributed by atoms with Gasteiger partial charge in [0.25, 0.3) is 5.91 Å². The fourth-order valence-electron chi connectivity index (χ4n) is 2.96. The summed E-state index contributed by atoms with van der Waals surface area (Å²) in [5.74, 6) is 0.833. The highest BCUT2D eigenvalue weighted by atomic mass is 35.5. The van der Waals surface area contributed by atoms with E-state index in [0.29, 0.717) is 21.6 Å². The highest BCUT2D eigenvalue weighted by Crippen LogP contribution is 2.26. The molecule has 0 spiro atoms. The van der Waals surface area contributed by atoms with Gasteiger partial charge in [0.05, 0.1) is 22.8 Å². The first-order valence-corrected chi connectivity index (χ1v) is 10.1. The van der Waals surface area contributed by atoms with E-state index in [1.807, 2.05) is 55.5 Å². The molecule has 156 valence electrons. The van der Waals surface area contributed by atoms with Crippen molar-refractivity contribution in [2.75, 3.05) is 12.4 Å². The summed E-state index contributed by atoms with van der Waals surface area (Å²) in [6.45, 7) is 2.01. The number of nitrogens with one attached hydrogen (secondary N) is 1. The SMILES string of the molecule is COc1ccc(-n2nc(C(=O)Nc3ccc(Cl)c(Cl)c3)nc2-c2ccc(C)cc2)cc1. The van der Waals surface area contributed by atoms with Crippen LogP contribution in [0.5, 0.6) is 5.75 Å². The third-order valence-corrected chi connectivity index (χ3v) is 5.35. The first-order valence-electron chi connectivity index (χ1n) is 9.39. The summed E-state index contributed by atoms with van der Waals surface area (Å²) in [5, 5.41) is 7.97. The predicted molar refractivity (Wildman–Crippen MR) is 122 cm³/mol. The second-order valence-corrected chi connectivity index (χ2v) is 7.63. The second kappa shape index (κ2) is 8.79. The average Bonchev–Trinajstić information content (AvgIpc) is 3.22. The molecule has 1 heterocycles. The van der Waals surface area contributed by atoms with Gasteiger partial charge in [0.2, 0.25) is 5.82 Å². The molecule has 1 aromatic heterocycles. The Balaban J connectivity index is 1.73. The molecule has 1 amide bonds. The number of hydrogen-bond donors (Lipinski definition) is 1. The minimum absolute atomic E-state index is 0.0254. The van der Waals surface area contributed by atoms with E-state index in [0.717, 1.165) is 22.6 Å². The van der Waals surface area contributed by atoms with Crippen molar-refractivity contribution in [2.45, 2.75) is 6.92 Å². The molecule has 6 nitrogen and oxygen atoms in total. The van der Waals surface area contributed by atoms with Gasteiger partial charge < -0.3 is 10.1 Å². The quantitative estimate of drug-likeness (QED) is 0.414. The van der Waals surface area contributed by atoms with Gasteiger partial charge in [-0.2, -0.15) is 0 Å². The van der Waals surface area contributed by atoms with Crippen molar-refractivity contribution in [1.82, 2.24) is 14.8 Å². The topological polar surface area (TPSA) is 69.0 Å². The first-order chi connectivity index (χ1) is 14.9. The van der Waals surface area contributed by atoms with Crippen molar-refractivity contribution in [3.8, 4) is 22.8 Å². The Morgan fingerprint density at radius 1 is 0.968 bits per heavy atom. The number of methoxy groups -OCH3 is 1. The number of ether oxygens (including phenoxy) is 1. The van der Waals surface area contributed by atoms with E-state index in [1.54, 1.807) is 30.0 Å². The maximum Gasteiger partial charge on any atom is 0.295 e. The van der Waals surface area contributed by atoms with Gasteiger partial charge in [-0.05, 0) is 49.4 Å². The number of carbonyl (C=O) groups is 1. The zero-order valence-electron chi connectivity index (χ0n) is 16.8. The Labute approximate surface area is 189 Å². The second-order valence-electron chi connectivity index (χ2n) is 6.82. The third-order valence-electron chi connectivity index (χ3n) is 4.61. The van der Waals surface area contributed by atoms with Crippen LogP contribution in [-0.2, 0) is 0 Å². The monoisotopic (exact) mass is 452 g/mol. The lowest BCUT2D eigenvalue weighted by molar-refractivity contribution is 0.101. The van der Waals surface area contributed by atoms with Gasteiger partial charge in [-0.3, -0.25) is 4.79 Å². The summed E-state index contributed by atoms with van der Waals surface area (Å²) in [4.78, 5) is 17.4. The Hall–Kier alpha value is -3.35. The van der Waals surface area contributed by atoms with Crippen LogP contribution in [0.25, 0.3) is 17.1 Å². The fraction of sp³-hybridized carbons (Fsp3) is 0.0870. The number of anilines is 1. The van der Waals surface area contributed by atoms with Crippen LogP contribution >= 0.6 is 23.2 Å². The molecule has 0 saturated carbocycles. The van der Waals surface area contributed by atoms with E-state index in [1.165, 1.54) is 0 Å². The minimum Gasteiger partial charge on any atom is -0.497 e. The highest BCUT2D eigenvalue weighted by Gasteiger charge is 2.19. The number of amides is 1. The summed E-state index contributed by atoms with van der Waals surface area (Å²) in [5.41, 5.74) is 3.20. The van der Waals surface area contributed by atoms with Crippen LogP contribution in [-0.4, -0.2) is 27.8 Å². The predicted octanol–water partition coefficient (Wildman–Crippen LogP) is 5.81. The lowest BCUT2D eigenvalue weighted by atomic mass is 10.1. The van der Waals surface area contributed by atoms with Gasteiger partial charge in [0.1, 0.15) is 5.75 Å². The molecule has 0 radical (unpaired) electrons. The third kappa shape index (κ3) is 4.55. The molecule has 3 aromatic carbocycles. The number of aryl methyl sites for hydroxylation is 1. The van der Waals surface area contributed by atoms with Crippen LogP contribution < -0.4 is 10.1 Å². The molecule has 0 saturated heterocycles. The van der Waals surface area contributed by atoms with Crippen molar-refractivity contribution < 1.29 is 9.53 Å². The number of carbonyl (C=O) groups excluding carboxylic acids is 1. The molecule has 4 rings (SSSR count). The van der Waals surface area contributed by atoms with Gasteiger partial charge in [-0.1, -0.05) is 53.0 Å². The normalized spacial score (nSPS) is 10.7. The van der Waals surface area contributed by atoms with Gasteiger partial charge in [0, 0.05) is 11.3 Å². The van der Waals surface area contributed by atoms with Crippen molar-refractivity contribution in [2.24, 2.45) is 0 Å². The number of benzene rings is 3. The first kappa shape index (κ1) is 20.9. The number of nitrogens with zero attached hydrogens (tertiary/aromatic N) is 3. The number of aromatic nitrogens is 3. The van der Waals surface area contributed by atoms with Crippen molar-refractivity contribution in [3.63, 3.8) is 0 Å². The molecule has 0 unspecified atom stereocenters. The summed E-state index contributed by atoms with van der Waals surface area (Å²) in [6, 6.07) is 20.1. The molecule has 1 N–H and O–H groups in total. The molecule has 0 aliphatic heterocycles. The van der Waals surface area contributed by atoms with E-state index in [9.17, 15) is 4.79 Å². The standard InChI is InChI=1S/C23H18Cl2N4O2/c1-14-3-5-15(6-4-14)22-27-21(23(30)26-16-7-12-19(24)20(25)13-16)28-29(22)17-8-10-18(31-2)11-9-17/h3-13H,1-2H3,(H,26,30). The van der Waals surface area contributed by atoms with Crippen LogP contribution in [0.3, 0.4) is 0 Å². The summed E-state index contributed by atoms with van der Waals surface area (Å²) in [6.07, 6.45) is 0.